The van der Waals surface area contributed by atoms with Gasteiger partial charge in [-0.1, -0.05) is 6.92 Å². The van der Waals surface area contributed by atoms with Crippen LogP contribution in [0.4, 0.5) is 13.2 Å². The molecule has 0 spiro atoms. The first-order valence-electron chi connectivity index (χ1n) is 6.56. The van der Waals surface area contributed by atoms with E-state index in [-0.39, 0.29) is 11.3 Å². The Balaban J connectivity index is 2.20. The number of aromatic amines is 1. The highest BCUT2D eigenvalue weighted by molar-refractivity contribution is 5.92. The lowest BCUT2D eigenvalue weighted by atomic mass is 10.1. The summed E-state index contributed by atoms with van der Waals surface area (Å²) in [5.41, 5.74) is 0.0702. The molecule has 8 heteroatoms. The van der Waals surface area contributed by atoms with E-state index in [0.29, 0.717) is 12.2 Å². The average Bonchev–Trinajstić information content (AvgIpc) is 2.98. The summed E-state index contributed by atoms with van der Waals surface area (Å²) in [5.74, 6) is -4.39. The van der Waals surface area contributed by atoms with E-state index in [1.807, 2.05) is 6.92 Å². The zero-order valence-corrected chi connectivity index (χ0v) is 11.7. The molecule has 5 nitrogen and oxygen atoms in total. The Labute approximate surface area is 124 Å². The number of amides is 1. The first-order chi connectivity index (χ1) is 10.5. The maximum Gasteiger partial charge on any atom is 0.269 e. The van der Waals surface area contributed by atoms with Crippen molar-refractivity contribution in [2.45, 2.75) is 19.4 Å². The quantitative estimate of drug-likeness (QED) is 0.737. The van der Waals surface area contributed by atoms with E-state index in [1.54, 1.807) is 0 Å². The van der Waals surface area contributed by atoms with Crippen LogP contribution in [0.5, 0.6) is 0 Å². The van der Waals surface area contributed by atoms with Gasteiger partial charge in [0.2, 0.25) is 0 Å². The lowest BCUT2D eigenvalue weighted by Gasteiger charge is -2.16. The fourth-order valence-corrected chi connectivity index (χ4v) is 1.90. The van der Waals surface area contributed by atoms with E-state index in [4.69, 9.17) is 0 Å². The molecule has 1 aromatic heterocycles. The Hall–Kier alpha value is -2.35. The van der Waals surface area contributed by atoms with Gasteiger partial charge < -0.3 is 15.4 Å². The van der Waals surface area contributed by atoms with Crippen LogP contribution >= 0.6 is 0 Å². The SMILES string of the molecule is CCc1ncc(C(=O)NC(CO)c2cc(F)c(F)c(F)c2)[nH]1. The van der Waals surface area contributed by atoms with Gasteiger partial charge >= 0.3 is 0 Å². The molecule has 0 aliphatic heterocycles. The highest BCUT2D eigenvalue weighted by Crippen LogP contribution is 2.19. The second-order valence-electron chi connectivity index (χ2n) is 4.60. The van der Waals surface area contributed by atoms with Crippen molar-refractivity contribution in [2.75, 3.05) is 6.61 Å². The molecular weight excluding hydrogens is 299 g/mol. The van der Waals surface area contributed by atoms with Crippen LogP contribution in [0, 0.1) is 17.5 Å². The predicted molar refractivity (Wildman–Crippen MR) is 71.6 cm³/mol. The number of benzene rings is 1. The first kappa shape index (κ1) is 16.0. The van der Waals surface area contributed by atoms with Crippen molar-refractivity contribution < 1.29 is 23.1 Å². The summed E-state index contributed by atoms with van der Waals surface area (Å²) in [6.45, 7) is 1.24. The largest absolute Gasteiger partial charge is 0.394 e. The molecule has 1 heterocycles. The fraction of sp³-hybridized carbons (Fsp3) is 0.286. The number of hydrogen-bond acceptors (Lipinski definition) is 3. The van der Waals surface area contributed by atoms with E-state index in [2.05, 4.69) is 15.3 Å². The number of aryl methyl sites for hydroxylation is 1. The number of nitrogens with zero attached hydrogens (tertiary/aromatic N) is 1. The van der Waals surface area contributed by atoms with Crippen LogP contribution in [-0.2, 0) is 6.42 Å². The van der Waals surface area contributed by atoms with Gasteiger partial charge in [0.05, 0.1) is 18.8 Å². The fourth-order valence-electron chi connectivity index (χ4n) is 1.90. The van der Waals surface area contributed by atoms with Crippen LogP contribution in [0.2, 0.25) is 0 Å². The van der Waals surface area contributed by atoms with Crippen LogP contribution in [0.3, 0.4) is 0 Å². The minimum atomic E-state index is -1.60. The molecule has 0 radical (unpaired) electrons. The third-order valence-electron chi connectivity index (χ3n) is 3.10. The molecule has 1 amide bonds. The van der Waals surface area contributed by atoms with Gasteiger partial charge in [-0.3, -0.25) is 4.79 Å². The molecule has 0 fully saturated rings. The summed E-state index contributed by atoms with van der Waals surface area (Å²) in [5, 5.41) is 11.7. The Kier molecular flexibility index (Phi) is 4.81. The molecule has 22 heavy (non-hydrogen) atoms. The highest BCUT2D eigenvalue weighted by Gasteiger charge is 2.20. The lowest BCUT2D eigenvalue weighted by Crippen LogP contribution is -2.31. The van der Waals surface area contributed by atoms with Gasteiger partial charge in [-0.2, -0.15) is 0 Å². The number of halogens is 3. The maximum absolute atomic E-state index is 13.2. The number of rotatable bonds is 5. The summed E-state index contributed by atoms with van der Waals surface area (Å²) in [7, 11) is 0. The van der Waals surface area contributed by atoms with Crippen LogP contribution in [-0.4, -0.2) is 27.6 Å². The third kappa shape index (κ3) is 3.28. The summed E-state index contributed by atoms with van der Waals surface area (Å²) in [4.78, 5) is 18.7. The van der Waals surface area contributed by atoms with Crippen LogP contribution in [0.15, 0.2) is 18.3 Å². The van der Waals surface area contributed by atoms with Crippen molar-refractivity contribution in [1.82, 2.24) is 15.3 Å². The van der Waals surface area contributed by atoms with Crippen molar-refractivity contribution in [3.8, 4) is 0 Å². The molecule has 0 bridgehead atoms. The van der Waals surface area contributed by atoms with Crippen LogP contribution < -0.4 is 5.32 Å². The minimum absolute atomic E-state index is 0.0810. The molecule has 0 saturated heterocycles. The first-order valence-corrected chi connectivity index (χ1v) is 6.56. The van der Waals surface area contributed by atoms with E-state index in [1.165, 1.54) is 6.20 Å². The van der Waals surface area contributed by atoms with Crippen molar-refractivity contribution in [3.63, 3.8) is 0 Å². The Morgan fingerprint density at radius 1 is 1.36 bits per heavy atom. The Morgan fingerprint density at radius 3 is 2.50 bits per heavy atom. The average molecular weight is 313 g/mol. The number of aliphatic hydroxyl groups excluding tert-OH is 1. The van der Waals surface area contributed by atoms with Gasteiger partial charge in [0.25, 0.3) is 5.91 Å². The van der Waals surface area contributed by atoms with Gasteiger partial charge in [-0.15, -0.1) is 0 Å². The lowest BCUT2D eigenvalue weighted by molar-refractivity contribution is 0.0911. The van der Waals surface area contributed by atoms with Gasteiger partial charge in [0, 0.05) is 6.42 Å². The standard InChI is InChI=1S/C14H14F3N3O2/c1-2-12-18-5-10(19-12)14(22)20-11(6-21)7-3-8(15)13(17)9(16)4-7/h3-5,11,21H,2,6H2,1H3,(H,18,19)(H,20,22). The van der Waals surface area contributed by atoms with Crippen LogP contribution in [0.1, 0.15) is 34.8 Å². The Bertz CT molecular complexity index is 665. The zero-order valence-electron chi connectivity index (χ0n) is 11.7. The summed E-state index contributed by atoms with van der Waals surface area (Å²) in [6, 6.07) is 0.374. The predicted octanol–water partition coefficient (Wildman–Crippen LogP) is 1.85. The Morgan fingerprint density at radius 2 is 2.00 bits per heavy atom. The molecule has 0 aliphatic rings. The second kappa shape index (κ2) is 6.61. The molecule has 2 rings (SSSR count). The van der Waals surface area contributed by atoms with E-state index < -0.39 is 36.0 Å². The zero-order chi connectivity index (χ0) is 16.3. The normalized spacial score (nSPS) is 12.2. The van der Waals surface area contributed by atoms with Crippen molar-refractivity contribution in [1.29, 1.82) is 0 Å². The number of aliphatic hydroxyl groups is 1. The molecule has 0 saturated carbocycles. The number of imidazole rings is 1. The summed E-state index contributed by atoms with van der Waals surface area (Å²) >= 11 is 0. The summed E-state index contributed by atoms with van der Waals surface area (Å²) < 4.78 is 39.4. The molecule has 2 aromatic rings. The monoisotopic (exact) mass is 313 g/mol. The summed E-state index contributed by atoms with van der Waals surface area (Å²) in [6.07, 6.45) is 1.92. The number of nitrogens with one attached hydrogen (secondary N) is 2. The molecule has 1 unspecified atom stereocenters. The topological polar surface area (TPSA) is 78.0 Å². The van der Waals surface area contributed by atoms with E-state index in [9.17, 15) is 23.1 Å². The van der Waals surface area contributed by atoms with Crippen molar-refractivity contribution in [2.24, 2.45) is 0 Å². The number of hydrogen-bond donors (Lipinski definition) is 3. The van der Waals surface area contributed by atoms with Gasteiger partial charge in [0.1, 0.15) is 11.5 Å². The molecule has 0 aliphatic carbocycles. The molecule has 118 valence electrons. The molecular formula is C14H14F3N3O2. The third-order valence-corrected chi connectivity index (χ3v) is 3.10. The van der Waals surface area contributed by atoms with Crippen LogP contribution in [0.25, 0.3) is 0 Å². The van der Waals surface area contributed by atoms with E-state index >= 15 is 0 Å². The highest BCUT2D eigenvalue weighted by atomic mass is 19.2. The molecule has 1 aromatic carbocycles. The number of carbonyl (C=O) groups excluding carboxylic acids is 1. The maximum atomic E-state index is 13.2. The number of H-pyrrole nitrogens is 1. The van der Waals surface area contributed by atoms with Gasteiger partial charge in [-0.05, 0) is 17.7 Å². The van der Waals surface area contributed by atoms with Gasteiger partial charge in [0.15, 0.2) is 17.5 Å². The van der Waals surface area contributed by atoms with Crippen molar-refractivity contribution in [3.05, 3.63) is 52.9 Å². The second-order valence-corrected chi connectivity index (χ2v) is 4.60. The van der Waals surface area contributed by atoms with Crippen molar-refractivity contribution >= 4 is 5.91 Å². The van der Waals surface area contributed by atoms with Gasteiger partial charge in [-0.25, -0.2) is 18.2 Å². The molecule has 3 N–H and O–H groups in total. The smallest absolute Gasteiger partial charge is 0.269 e. The number of aromatic nitrogens is 2. The number of carbonyl (C=O) groups is 1. The molecule has 1 atom stereocenters. The minimum Gasteiger partial charge on any atom is -0.394 e. The van der Waals surface area contributed by atoms with E-state index in [0.717, 1.165) is 12.1 Å².